The van der Waals surface area contributed by atoms with Crippen LogP contribution in [0.25, 0.3) is 10.9 Å². The molecule has 2 aromatic carbocycles. The number of para-hydroxylation sites is 2. The Morgan fingerprint density at radius 3 is 2.77 bits per heavy atom. The van der Waals surface area contributed by atoms with Crippen molar-refractivity contribution in [3.8, 4) is 0 Å². The summed E-state index contributed by atoms with van der Waals surface area (Å²) in [5.41, 5.74) is 2.48. The molecule has 1 amide bonds. The number of hydrogen-bond donors (Lipinski definition) is 1. The number of nitrogens with zero attached hydrogens (tertiary/aromatic N) is 2. The van der Waals surface area contributed by atoms with Gasteiger partial charge in [-0.1, -0.05) is 55.9 Å². The molecule has 1 saturated heterocycles. The summed E-state index contributed by atoms with van der Waals surface area (Å²) in [6, 6.07) is 15.2. The molecule has 1 aliphatic heterocycles. The van der Waals surface area contributed by atoms with Crippen LogP contribution in [0.1, 0.15) is 38.2 Å². The molecule has 1 atom stereocenters. The topological polar surface area (TPSA) is 73.2 Å². The van der Waals surface area contributed by atoms with E-state index < -0.39 is 0 Å². The number of aromatic nitrogens is 2. The van der Waals surface area contributed by atoms with Crippen LogP contribution in [-0.2, 0) is 16.1 Å². The minimum absolute atomic E-state index is 0.00626. The van der Waals surface area contributed by atoms with E-state index in [1.54, 1.807) is 10.6 Å². The lowest BCUT2D eigenvalue weighted by Crippen LogP contribution is -2.29. The van der Waals surface area contributed by atoms with Crippen LogP contribution >= 0.6 is 11.8 Å². The second-order valence-electron chi connectivity index (χ2n) is 8.04. The number of thioether (sulfide) groups is 1. The maximum Gasteiger partial charge on any atom is 0.262 e. The van der Waals surface area contributed by atoms with Crippen molar-refractivity contribution in [1.29, 1.82) is 0 Å². The number of anilines is 1. The lowest BCUT2D eigenvalue weighted by atomic mass is 10.0. The maximum absolute atomic E-state index is 13.1. The molecule has 31 heavy (non-hydrogen) atoms. The second kappa shape index (κ2) is 9.66. The molecule has 1 fully saturated rings. The molecule has 1 unspecified atom stereocenters. The summed E-state index contributed by atoms with van der Waals surface area (Å²) in [5, 5.41) is 4.14. The summed E-state index contributed by atoms with van der Waals surface area (Å²) in [6.45, 7) is 5.38. The Morgan fingerprint density at radius 2 is 2.00 bits per heavy atom. The number of nitrogens with one attached hydrogen (secondary N) is 1. The van der Waals surface area contributed by atoms with Crippen LogP contribution in [0.4, 0.5) is 5.69 Å². The number of ether oxygens (including phenoxy) is 1. The van der Waals surface area contributed by atoms with Crippen LogP contribution in [0.2, 0.25) is 0 Å². The average molecular weight is 438 g/mol. The van der Waals surface area contributed by atoms with Crippen molar-refractivity contribution in [1.82, 2.24) is 9.55 Å². The summed E-state index contributed by atoms with van der Waals surface area (Å²) in [6.07, 6.45) is 1.93. The quantitative estimate of drug-likeness (QED) is 0.437. The number of amides is 1. The minimum atomic E-state index is -0.121. The Kier molecular flexibility index (Phi) is 6.73. The third-order valence-electron chi connectivity index (χ3n) is 5.43. The maximum atomic E-state index is 13.1. The van der Waals surface area contributed by atoms with Gasteiger partial charge in [0, 0.05) is 12.3 Å². The van der Waals surface area contributed by atoms with E-state index in [1.165, 1.54) is 11.8 Å². The number of hydrogen-bond acceptors (Lipinski definition) is 5. The molecule has 6 nitrogen and oxygen atoms in total. The van der Waals surface area contributed by atoms with Crippen LogP contribution in [0.15, 0.2) is 58.5 Å². The van der Waals surface area contributed by atoms with Crippen molar-refractivity contribution in [2.45, 2.75) is 50.4 Å². The number of carbonyl (C=O) groups excluding carboxylic acids is 1. The Labute approximate surface area is 186 Å². The number of carbonyl (C=O) groups is 1. The molecular weight excluding hydrogens is 410 g/mol. The van der Waals surface area contributed by atoms with E-state index in [9.17, 15) is 9.59 Å². The SMILES string of the molecule is CC(C)c1ccccc1NC(=O)CSc1nc2ccccc2c(=O)n1CC1CCCO1. The van der Waals surface area contributed by atoms with Crippen LogP contribution in [0, 0.1) is 0 Å². The summed E-state index contributed by atoms with van der Waals surface area (Å²) >= 11 is 1.29. The van der Waals surface area contributed by atoms with E-state index in [2.05, 4.69) is 19.2 Å². The Morgan fingerprint density at radius 1 is 1.23 bits per heavy atom. The summed E-state index contributed by atoms with van der Waals surface area (Å²) in [4.78, 5) is 30.5. The number of fused-ring (bicyclic) bond motifs is 1. The van der Waals surface area contributed by atoms with Gasteiger partial charge in [-0.3, -0.25) is 14.2 Å². The fourth-order valence-electron chi connectivity index (χ4n) is 3.84. The summed E-state index contributed by atoms with van der Waals surface area (Å²) in [5.74, 6) is 0.356. The van der Waals surface area contributed by atoms with Crippen molar-refractivity contribution >= 4 is 34.3 Å². The zero-order chi connectivity index (χ0) is 21.8. The van der Waals surface area contributed by atoms with Gasteiger partial charge in [-0.25, -0.2) is 4.98 Å². The van der Waals surface area contributed by atoms with Crippen LogP contribution in [0.3, 0.4) is 0 Å². The van der Waals surface area contributed by atoms with Gasteiger partial charge >= 0.3 is 0 Å². The monoisotopic (exact) mass is 437 g/mol. The Bertz CT molecular complexity index is 1140. The number of benzene rings is 2. The van der Waals surface area contributed by atoms with Gasteiger partial charge < -0.3 is 10.1 Å². The molecule has 3 aromatic rings. The minimum Gasteiger partial charge on any atom is -0.376 e. The predicted molar refractivity (Wildman–Crippen MR) is 125 cm³/mol. The highest BCUT2D eigenvalue weighted by atomic mass is 32.2. The van der Waals surface area contributed by atoms with E-state index >= 15 is 0 Å². The summed E-state index contributed by atoms with van der Waals surface area (Å²) in [7, 11) is 0. The van der Waals surface area contributed by atoms with E-state index in [0.717, 1.165) is 30.7 Å². The zero-order valence-electron chi connectivity index (χ0n) is 17.8. The standard InChI is InChI=1S/C24H27N3O3S/c1-16(2)18-9-3-5-11-20(18)25-22(28)15-31-24-26-21-12-6-4-10-19(21)23(29)27(24)14-17-8-7-13-30-17/h3-6,9-12,16-17H,7-8,13-15H2,1-2H3,(H,25,28). The number of rotatable bonds is 7. The molecule has 0 saturated carbocycles. The van der Waals surface area contributed by atoms with E-state index in [0.29, 0.717) is 28.5 Å². The highest BCUT2D eigenvalue weighted by Crippen LogP contribution is 2.25. The van der Waals surface area contributed by atoms with Crippen molar-refractivity contribution in [2.75, 3.05) is 17.7 Å². The molecule has 1 aromatic heterocycles. The van der Waals surface area contributed by atoms with Crippen LogP contribution in [0.5, 0.6) is 0 Å². The van der Waals surface area contributed by atoms with Gasteiger partial charge in [0.25, 0.3) is 5.56 Å². The van der Waals surface area contributed by atoms with E-state index in [4.69, 9.17) is 9.72 Å². The molecular formula is C24H27N3O3S. The van der Waals surface area contributed by atoms with Gasteiger partial charge in [0.15, 0.2) is 5.16 Å². The smallest absolute Gasteiger partial charge is 0.262 e. The Balaban J connectivity index is 1.56. The highest BCUT2D eigenvalue weighted by Gasteiger charge is 2.21. The van der Waals surface area contributed by atoms with Crippen molar-refractivity contribution < 1.29 is 9.53 Å². The average Bonchev–Trinajstić information content (AvgIpc) is 3.28. The molecule has 2 heterocycles. The van der Waals surface area contributed by atoms with Crippen LogP contribution in [-0.4, -0.2) is 33.9 Å². The first kappa shape index (κ1) is 21.6. The highest BCUT2D eigenvalue weighted by molar-refractivity contribution is 7.99. The molecule has 0 radical (unpaired) electrons. The predicted octanol–water partition coefficient (Wildman–Crippen LogP) is 4.43. The largest absolute Gasteiger partial charge is 0.376 e. The lowest BCUT2D eigenvalue weighted by molar-refractivity contribution is -0.113. The second-order valence-corrected chi connectivity index (χ2v) is 8.98. The first-order valence-electron chi connectivity index (χ1n) is 10.7. The molecule has 0 bridgehead atoms. The van der Waals surface area contributed by atoms with E-state index in [1.807, 2.05) is 42.5 Å². The fourth-order valence-corrected chi connectivity index (χ4v) is 4.65. The fraction of sp³-hybridized carbons (Fsp3) is 0.375. The van der Waals surface area contributed by atoms with Gasteiger partial charge in [-0.05, 0) is 42.5 Å². The summed E-state index contributed by atoms with van der Waals surface area (Å²) < 4.78 is 7.41. The molecule has 0 spiro atoms. The van der Waals surface area contributed by atoms with Crippen molar-refractivity contribution in [2.24, 2.45) is 0 Å². The molecule has 4 rings (SSSR count). The first-order chi connectivity index (χ1) is 15.0. The van der Waals surface area contributed by atoms with Gasteiger partial charge in [-0.15, -0.1) is 0 Å². The first-order valence-corrected chi connectivity index (χ1v) is 11.6. The molecule has 0 aliphatic carbocycles. The Hall–Kier alpha value is -2.64. The van der Waals surface area contributed by atoms with Crippen molar-refractivity contribution in [3.63, 3.8) is 0 Å². The molecule has 7 heteroatoms. The zero-order valence-corrected chi connectivity index (χ0v) is 18.7. The third kappa shape index (κ3) is 4.99. The van der Waals surface area contributed by atoms with Crippen molar-refractivity contribution in [3.05, 3.63) is 64.4 Å². The van der Waals surface area contributed by atoms with E-state index in [-0.39, 0.29) is 23.3 Å². The lowest BCUT2D eigenvalue weighted by Gasteiger charge is -2.17. The van der Waals surface area contributed by atoms with Gasteiger partial charge in [0.1, 0.15) is 0 Å². The molecule has 162 valence electrons. The van der Waals surface area contributed by atoms with Crippen LogP contribution < -0.4 is 10.9 Å². The molecule has 1 aliphatic rings. The third-order valence-corrected chi connectivity index (χ3v) is 6.40. The normalized spacial score (nSPS) is 16.2. The van der Waals surface area contributed by atoms with Gasteiger partial charge in [0.2, 0.25) is 5.91 Å². The molecule has 1 N–H and O–H groups in total. The van der Waals surface area contributed by atoms with Gasteiger partial charge in [-0.2, -0.15) is 0 Å². The van der Waals surface area contributed by atoms with Gasteiger partial charge in [0.05, 0.1) is 29.3 Å².